The summed E-state index contributed by atoms with van der Waals surface area (Å²) in [6.07, 6.45) is 3.26. The van der Waals surface area contributed by atoms with Crippen molar-refractivity contribution in [2.75, 3.05) is 11.9 Å². The lowest BCUT2D eigenvalue weighted by Gasteiger charge is -2.13. The van der Waals surface area contributed by atoms with Crippen LogP contribution in [0.1, 0.15) is 5.56 Å². The minimum Gasteiger partial charge on any atom is -0.508 e. The van der Waals surface area contributed by atoms with Gasteiger partial charge < -0.3 is 10.4 Å². The number of phenolic OH excluding ortho intramolecular Hbond substituents is 1. The summed E-state index contributed by atoms with van der Waals surface area (Å²) in [5.74, 6) is -0.516. The summed E-state index contributed by atoms with van der Waals surface area (Å²) in [4.78, 5) is 30.1. The highest BCUT2D eigenvalue weighted by molar-refractivity contribution is 8.26. The van der Waals surface area contributed by atoms with Crippen molar-refractivity contribution >= 4 is 62.7 Å². The third kappa shape index (κ3) is 3.81. The lowest BCUT2D eigenvalue weighted by Crippen LogP contribution is -2.36. The van der Waals surface area contributed by atoms with Gasteiger partial charge in [0.2, 0.25) is 5.91 Å². The number of thiazole rings is 1. The van der Waals surface area contributed by atoms with Gasteiger partial charge in [0.15, 0.2) is 5.13 Å². The average molecular weight is 377 g/mol. The number of rotatable bonds is 4. The van der Waals surface area contributed by atoms with Crippen molar-refractivity contribution in [3.8, 4) is 5.75 Å². The number of aromatic hydroxyl groups is 1. The first-order valence-corrected chi connectivity index (χ1v) is 8.87. The van der Waals surface area contributed by atoms with Crippen LogP contribution in [0.15, 0.2) is 40.7 Å². The van der Waals surface area contributed by atoms with Crippen LogP contribution in [0, 0.1) is 0 Å². The standard InChI is InChI=1S/C15H11N3O3S3/c19-10-3-1-9(2-4-10)7-11-13(21)18(15(22)24-11)8-12(20)17-14-16-5-6-23-14/h1-7,19H,8H2,(H,16,17,20)/b11-7-. The van der Waals surface area contributed by atoms with Crippen molar-refractivity contribution in [2.45, 2.75) is 0 Å². The molecular weight excluding hydrogens is 366 g/mol. The van der Waals surface area contributed by atoms with Crippen molar-refractivity contribution in [1.29, 1.82) is 0 Å². The molecule has 2 N–H and O–H groups in total. The molecule has 0 atom stereocenters. The molecule has 3 rings (SSSR count). The Morgan fingerprint density at radius 1 is 1.38 bits per heavy atom. The first kappa shape index (κ1) is 16.6. The molecule has 24 heavy (non-hydrogen) atoms. The molecule has 1 fully saturated rings. The van der Waals surface area contributed by atoms with E-state index in [4.69, 9.17) is 12.2 Å². The highest BCUT2D eigenvalue weighted by atomic mass is 32.2. The third-order valence-electron chi connectivity index (χ3n) is 3.04. The Balaban J connectivity index is 1.69. The smallest absolute Gasteiger partial charge is 0.266 e. The van der Waals surface area contributed by atoms with Gasteiger partial charge in [-0.25, -0.2) is 4.98 Å². The molecule has 0 radical (unpaired) electrons. The molecular formula is C15H11N3O3S3. The van der Waals surface area contributed by atoms with E-state index in [0.717, 1.165) is 17.3 Å². The number of thioether (sulfide) groups is 1. The quantitative estimate of drug-likeness (QED) is 0.630. The molecule has 2 amide bonds. The second-order valence-corrected chi connectivity index (χ2v) is 7.32. The Labute approximate surface area is 151 Å². The fourth-order valence-electron chi connectivity index (χ4n) is 1.95. The fraction of sp³-hybridized carbons (Fsp3) is 0.0667. The second-order valence-electron chi connectivity index (χ2n) is 4.74. The molecule has 122 valence electrons. The molecule has 1 saturated heterocycles. The molecule has 0 aliphatic carbocycles. The van der Waals surface area contributed by atoms with Crippen molar-refractivity contribution < 1.29 is 14.7 Å². The van der Waals surface area contributed by atoms with Crippen molar-refractivity contribution in [3.63, 3.8) is 0 Å². The molecule has 9 heteroatoms. The molecule has 0 bridgehead atoms. The van der Waals surface area contributed by atoms with Gasteiger partial charge in [0.25, 0.3) is 5.91 Å². The van der Waals surface area contributed by atoms with Crippen LogP contribution in [0.2, 0.25) is 0 Å². The van der Waals surface area contributed by atoms with Crippen molar-refractivity contribution in [1.82, 2.24) is 9.88 Å². The van der Waals surface area contributed by atoms with E-state index in [9.17, 15) is 14.7 Å². The van der Waals surface area contributed by atoms with Crippen LogP contribution in [0.4, 0.5) is 5.13 Å². The van der Waals surface area contributed by atoms with Gasteiger partial charge in [-0.1, -0.05) is 36.1 Å². The van der Waals surface area contributed by atoms with Crippen LogP contribution in [0.25, 0.3) is 6.08 Å². The number of benzene rings is 1. The number of nitrogens with one attached hydrogen (secondary N) is 1. The van der Waals surface area contributed by atoms with Crippen molar-refractivity contribution in [2.24, 2.45) is 0 Å². The predicted octanol–water partition coefficient (Wildman–Crippen LogP) is 2.69. The zero-order chi connectivity index (χ0) is 17.1. The minimum atomic E-state index is -0.355. The van der Waals surface area contributed by atoms with Gasteiger partial charge in [0.05, 0.1) is 4.91 Å². The van der Waals surface area contributed by atoms with Crippen LogP contribution < -0.4 is 5.32 Å². The number of hydrogen-bond donors (Lipinski definition) is 2. The minimum absolute atomic E-state index is 0.151. The normalized spacial score (nSPS) is 16.0. The Morgan fingerprint density at radius 2 is 2.12 bits per heavy atom. The number of carbonyl (C=O) groups is 2. The SMILES string of the molecule is O=C(CN1C(=O)/C(=C/c2ccc(O)cc2)SC1=S)Nc1nccs1. The zero-order valence-electron chi connectivity index (χ0n) is 12.1. The molecule has 1 aromatic heterocycles. The topological polar surface area (TPSA) is 82.5 Å². The van der Waals surface area contributed by atoms with Crippen LogP contribution in [-0.4, -0.2) is 37.7 Å². The number of hydrogen-bond acceptors (Lipinski definition) is 7. The number of nitrogens with zero attached hydrogens (tertiary/aromatic N) is 2. The number of thiocarbonyl (C=S) groups is 1. The Morgan fingerprint density at radius 3 is 2.79 bits per heavy atom. The van der Waals surface area contributed by atoms with Gasteiger partial charge in [-0.15, -0.1) is 11.3 Å². The number of phenols is 1. The maximum absolute atomic E-state index is 12.4. The van der Waals surface area contributed by atoms with Crippen LogP contribution in [-0.2, 0) is 9.59 Å². The summed E-state index contributed by atoms with van der Waals surface area (Å²) in [6.45, 7) is -0.156. The molecule has 0 saturated carbocycles. The summed E-state index contributed by atoms with van der Waals surface area (Å²) < 4.78 is 0.333. The highest BCUT2D eigenvalue weighted by Gasteiger charge is 2.33. The van der Waals surface area contributed by atoms with E-state index in [1.54, 1.807) is 29.8 Å². The molecule has 2 aromatic rings. The van der Waals surface area contributed by atoms with E-state index in [1.165, 1.54) is 28.4 Å². The number of carbonyl (C=O) groups excluding carboxylic acids is 2. The highest BCUT2D eigenvalue weighted by Crippen LogP contribution is 2.32. The van der Waals surface area contributed by atoms with E-state index in [1.807, 2.05) is 0 Å². The number of amides is 2. The largest absolute Gasteiger partial charge is 0.508 e. The van der Waals surface area contributed by atoms with Gasteiger partial charge in [0.1, 0.15) is 16.6 Å². The van der Waals surface area contributed by atoms with Gasteiger partial charge in [-0.05, 0) is 23.8 Å². The Bertz CT molecular complexity index is 816. The average Bonchev–Trinajstić information content (AvgIpc) is 3.14. The molecule has 6 nitrogen and oxygen atoms in total. The van der Waals surface area contributed by atoms with Gasteiger partial charge in [-0.2, -0.15) is 0 Å². The summed E-state index contributed by atoms with van der Waals surface area (Å²) in [5.41, 5.74) is 0.764. The van der Waals surface area contributed by atoms with E-state index in [0.29, 0.717) is 14.4 Å². The van der Waals surface area contributed by atoms with Crippen LogP contribution >= 0.6 is 35.3 Å². The molecule has 0 spiro atoms. The fourth-order valence-corrected chi connectivity index (χ4v) is 3.75. The predicted molar refractivity (Wildman–Crippen MR) is 98.7 cm³/mol. The lowest BCUT2D eigenvalue weighted by atomic mass is 10.2. The van der Waals surface area contributed by atoms with Gasteiger partial charge >= 0.3 is 0 Å². The summed E-state index contributed by atoms with van der Waals surface area (Å²) in [7, 11) is 0. The maximum atomic E-state index is 12.4. The van der Waals surface area contributed by atoms with E-state index >= 15 is 0 Å². The molecule has 1 aliphatic rings. The van der Waals surface area contributed by atoms with E-state index < -0.39 is 0 Å². The van der Waals surface area contributed by atoms with E-state index in [2.05, 4.69) is 10.3 Å². The maximum Gasteiger partial charge on any atom is 0.266 e. The molecule has 0 unspecified atom stereocenters. The zero-order valence-corrected chi connectivity index (χ0v) is 14.6. The van der Waals surface area contributed by atoms with Crippen LogP contribution in [0.3, 0.4) is 0 Å². The Hall–Kier alpha value is -2.23. The number of aromatic nitrogens is 1. The second kappa shape index (κ2) is 7.12. The molecule has 1 aliphatic heterocycles. The molecule has 1 aromatic carbocycles. The summed E-state index contributed by atoms with van der Waals surface area (Å²) in [5, 5.41) is 14.1. The first-order chi connectivity index (χ1) is 11.5. The number of anilines is 1. The summed E-state index contributed by atoms with van der Waals surface area (Å²) in [6, 6.07) is 6.45. The lowest BCUT2D eigenvalue weighted by molar-refractivity contribution is -0.126. The van der Waals surface area contributed by atoms with Gasteiger partial charge in [0, 0.05) is 11.6 Å². The van der Waals surface area contributed by atoms with Crippen LogP contribution in [0.5, 0.6) is 5.75 Å². The van der Waals surface area contributed by atoms with Crippen molar-refractivity contribution in [3.05, 3.63) is 46.3 Å². The third-order valence-corrected chi connectivity index (χ3v) is 5.11. The first-order valence-electron chi connectivity index (χ1n) is 6.76. The Kier molecular flexibility index (Phi) is 4.93. The van der Waals surface area contributed by atoms with E-state index in [-0.39, 0.29) is 24.1 Å². The monoisotopic (exact) mass is 377 g/mol. The van der Waals surface area contributed by atoms with Gasteiger partial charge in [-0.3, -0.25) is 14.5 Å². The molecule has 2 heterocycles. The summed E-state index contributed by atoms with van der Waals surface area (Å²) >= 11 is 7.63.